The van der Waals surface area contributed by atoms with Gasteiger partial charge in [-0.1, -0.05) is 0 Å². The van der Waals surface area contributed by atoms with Crippen molar-refractivity contribution in [3.8, 4) is 0 Å². The summed E-state index contributed by atoms with van der Waals surface area (Å²) in [5, 5.41) is 2.70. The van der Waals surface area contributed by atoms with E-state index in [1.807, 2.05) is 0 Å². The molecule has 1 aliphatic heterocycles. The van der Waals surface area contributed by atoms with Crippen LogP contribution in [0.4, 0.5) is 9.80 Å². The van der Waals surface area contributed by atoms with Crippen molar-refractivity contribution in [1.29, 1.82) is 0 Å². The SMILES string of the molecule is CC(C)(C)OC(=O)C(=O)Nc1sc2c(c1C(=O)OC(C)(C)C)CCN(C(=O)OC(C)(C)C)C2. The molecular weight excluding hydrogens is 448 g/mol. The molecule has 2 heterocycles. The molecule has 1 aliphatic rings. The first-order valence-corrected chi connectivity index (χ1v) is 11.6. The van der Waals surface area contributed by atoms with Crippen LogP contribution in [-0.2, 0) is 36.8 Å². The average molecular weight is 483 g/mol. The van der Waals surface area contributed by atoms with Crippen LogP contribution in [0.1, 0.15) is 83.1 Å². The van der Waals surface area contributed by atoms with Crippen molar-refractivity contribution in [2.45, 2.75) is 92.1 Å². The van der Waals surface area contributed by atoms with E-state index in [9.17, 15) is 19.2 Å². The molecule has 0 spiro atoms. The Balaban J connectivity index is 2.36. The van der Waals surface area contributed by atoms with Gasteiger partial charge in [-0.05, 0) is 74.3 Å². The van der Waals surface area contributed by atoms with E-state index >= 15 is 0 Å². The van der Waals surface area contributed by atoms with Crippen molar-refractivity contribution >= 4 is 40.3 Å². The zero-order valence-corrected chi connectivity index (χ0v) is 21.7. The molecule has 0 saturated carbocycles. The Hall–Kier alpha value is -2.62. The summed E-state index contributed by atoms with van der Waals surface area (Å²) in [5.41, 5.74) is -1.35. The maximum Gasteiger partial charge on any atom is 0.410 e. The molecule has 0 saturated heterocycles. The Bertz CT molecular complexity index is 946. The fourth-order valence-corrected chi connectivity index (χ4v) is 4.24. The fraction of sp³-hybridized carbons (Fsp3) is 0.652. The van der Waals surface area contributed by atoms with Crippen LogP contribution in [-0.4, -0.2) is 52.2 Å². The van der Waals surface area contributed by atoms with E-state index in [1.165, 1.54) is 0 Å². The Morgan fingerprint density at radius 1 is 0.848 bits per heavy atom. The van der Waals surface area contributed by atoms with Gasteiger partial charge in [0.15, 0.2) is 0 Å². The molecule has 1 aromatic rings. The van der Waals surface area contributed by atoms with Gasteiger partial charge in [0.1, 0.15) is 21.8 Å². The van der Waals surface area contributed by atoms with Crippen LogP contribution in [0.2, 0.25) is 0 Å². The van der Waals surface area contributed by atoms with Gasteiger partial charge in [-0.3, -0.25) is 4.79 Å². The number of carbonyl (C=O) groups excluding carboxylic acids is 4. The topological polar surface area (TPSA) is 111 Å². The summed E-state index contributed by atoms with van der Waals surface area (Å²) in [6.45, 7) is 16.1. The number of carbonyl (C=O) groups is 4. The van der Waals surface area contributed by atoms with Crippen LogP contribution in [0.3, 0.4) is 0 Å². The van der Waals surface area contributed by atoms with Crippen molar-refractivity contribution in [2.24, 2.45) is 0 Å². The third kappa shape index (κ3) is 7.73. The summed E-state index contributed by atoms with van der Waals surface area (Å²) < 4.78 is 16.1. The minimum absolute atomic E-state index is 0.191. The van der Waals surface area contributed by atoms with Gasteiger partial charge in [0.05, 0.1) is 12.1 Å². The first-order valence-electron chi connectivity index (χ1n) is 10.8. The monoisotopic (exact) mass is 482 g/mol. The highest BCUT2D eigenvalue weighted by Crippen LogP contribution is 2.38. The molecule has 0 aromatic carbocycles. The molecule has 0 bridgehead atoms. The van der Waals surface area contributed by atoms with Gasteiger partial charge in [0, 0.05) is 11.4 Å². The molecule has 2 rings (SSSR count). The molecule has 184 valence electrons. The van der Waals surface area contributed by atoms with Crippen LogP contribution >= 0.6 is 11.3 Å². The van der Waals surface area contributed by atoms with Gasteiger partial charge in [-0.25, -0.2) is 14.4 Å². The Morgan fingerprint density at radius 3 is 1.91 bits per heavy atom. The van der Waals surface area contributed by atoms with Gasteiger partial charge in [-0.15, -0.1) is 11.3 Å². The molecule has 1 N–H and O–H groups in total. The number of hydrogen-bond acceptors (Lipinski definition) is 8. The zero-order chi connectivity index (χ0) is 25.4. The first-order chi connectivity index (χ1) is 14.9. The predicted octanol–water partition coefficient (Wildman–Crippen LogP) is 4.28. The number of fused-ring (bicyclic) bond motifs is 1. The summed E-state index contributed by atoms with van der Waals surface area (Å²) in [7, 11) is 0. The molecule has 0 atom stereocenters. The number of nitrogens with zero attached hydrogens (tertiary/aromatic N) is 1. The highest BCUT2D eigenvalue weighted by Gasteiger charge is 2.35. The highest BCUT2D eigenvalue weighted by molar-refractivity contribution is 7.17. The van der Waals surface area contributed by atoms with Crippen molar-refractivity contribution in [2.75, 3.05) is 11.9 Å². The van der Waals surface area contributed by atoms with E-state index in [1.54, 1.807) is 67.2 Å². The Kier molecular flexibility index (Phi) is 7.52. The third-order valence-electron chi connectivity index (χ3n) is 4.12. The van der Waals surface area contributed by atoms with E-state index in [0.717, 1.165) is 11.3 Å². The molecule has 1 aromatic heterocycles. The fourth-order valence-electron chi connectivity index (χ4n) is 3.00. The van der Waals surface area contributed by atoms with Crippen LogP contribution < -0.4 is 5.32 Å². The van der Waals surface area contributed by atoms with E-state index < -0.39 is 40.7 Å². The molecule has 33 heavy (non-hydrogen) atoms. The summed E-state index contributed by atoms with van der Waals surface area (Å²) in [6.07, 6.45) is -0.0817. The number of nitrogens with one attached hydrogen (secondary N) is 1. The smallest absolute Gasteiger partial charge is 0.410 e. The summed E-state index contributed by atoms with van der Waals surface area (Å²) >= 11 is 1.13. The highest BCUT2D eigenvalue weighted by atomic mass is 32.1. The molecule has 0 aliphatic carbocycles. The van der Waals surface area contributed by atoms with Crippen LogP contribution in [0, 0.1) is 0 Å². The quantitative estimate of drug-likeness (QED) is 0.380. The second-order valence-corrected chi connectivity index (χ2v) is 11.9. The van der Waals surface area contributed by atoms with Gasteiger partial charge >= 0.3 is 23.9 Å². The van der Waals surface area contributed by atoms with Crippen LogP contribution in [0.5, 0.6) is 0 Å². The molecular formula is C23H34N2O7S. The standard InChI is InChI=1S/C23H34N2O7S/c1-21(2,3)30-18(27)15-13-10-11-25(20(29)32-23(7,8)9)12-14(13)33-17(15)24-16(26)19(28)31-22(4,5)6/h10-12H2,1-9H3,(H,24,26). The van der Waals surface area contributed by atoms with E-state index in [4.69, 9.17) is 14.2 Å². The second kappa shape index (κ2) is 9.32. The summed E-state index contributed by atoms with van der Waals surface area (Å²) in [5.74, 6) is -2.65. The summed E-state index contributed by atoms with van der Waals surface area (Å²) in [4.78, 5) is 52.4. The number of anilines is 1. The molecule has 9 nitrogen and oxygen atoms in total. The van der Waals surface area contributed by atoms with Crippen molar-refractivity contribution in [3.05, 3.63) is 16.0 Å². The molecule has 0 radical (unpaired) electrons. The minimum Gasteiger partial charge on any atom is -0.456 e. The molecule has 2 amide bonds. The Morgan fingerprint density at radius 2 is 1.39 bits per heavy atom. The number of esters is 2. The van der Waals surface area contributed by atoms with E-state index in [2.05, 4.69) is 5.32 Å². The van der Waals surface area contributed by atoms with Gasteiger partial charge in [0.25, 0.3) is 0 Å². The van der Waals surface area contributed by atoms with Crippen molar-refractivity contribution in [3.63, 3.8) is 0 Å². The second-order valence-electron chi connectivity index (χ2n) is 10.8. The maximum atomic E-state index is 13.0. The molecule has 10 heteroatoms. The number of ether oxygens (including phenoxy) is 3. The van der Waals surface area contributed by atoms with Gasteiger partial charge in [0.2, 0.25) is 0 Å². The molecule has 0 fully saturated rings. The molecule has 0 unspecified atom stereocenters. The number of rotatable bonds is 2. The van der Waals surface area contributed by atoms with Crippen molar-refractivity contribution in [1.82, 2.24) is 4.90 Å². The lowest BCUT2D eigenvalue weighted by Gasteiger charge is -2.30. The third-order valence-corrected chi connectivity index (χ3v) is 5.26. The normalized spacial score (nSPS) is 14.3. The first kappa shape index (κ1) is 26.6. The van der Waals surface area contributed by atoms with Gasteiger partial charge < -0.3 is 24.4 Å². The van der Waals surface area contributed by atoms with Crippen LogP contribution in [0.15, 0.2) is 0 Å². The average Bonchev–Trinajstić information content (AvgIpc) is 2.94. The predicted molar refractivity (Wildman–Crippen MR) is 124 cm³/mol. The number of amides is 2. The Labute approximate surface area is 198 Å². The largest absolute Gasteiger partial charge is 0.456 e. The van der Waals surface area contributed by atoms with Crippen LogP contribution in [0.25, 0.3) is 0 Å². The number of thiophene rings is 1. The summed E-state index contributed by atoms with van der Waals surface area (Å²) in [6, 6.07) is 0. The zero-order valence-electron chi connectivity index (χ0n) is 20.8. The van der Waals surface area contributed by atoms with Crippen molar-refractivity contribution < 1.29 is 33.4 Å². The lowest BCUT2D eigenvalue weighted by Crippen LogP contribution is -2.39. The lowest BCUT2D eigenvalue weighted by molar-refractivity contribution is -0.161. The maximum absolute atomic E-state index is 13.0. The van der Waals surface area contributed by atoms with E-state index in [0.29, 0.717) is 23.4 Å². The minimum atomic E-state index is -1.06. The number of hydrogen-bond donors (Lipinski definition) is 1. The van der Waals surface area contributed by atoms with E-state index in [-0.39, 0.29) is 17.1 Å². The lowest BCUT2D eigenvalue weighted by atomic mass is 10.0. The van der Waals surface area contributed by atoms with Gasteiger partial charge in [-0.2, -0.15) is 0 Å².